The Labute approximate surface area is 142 Å². The Morgan fingerprint density at radius 2 is 2.33 bits per heavy atom. The third-order valence-corrected chi connectivity index (χ3v) is 4.20. The average molecular weight is 340 g/mol. The van der Waals surface area contributed by atoms with Gasteiger partial charge in [0.15, 0.2) is 0 Å². The Bertz CT molecular complexity index is 476. The number of nitrogens with zero attached hydrogens (tertiary/aromatic N) is 3. The molecule has 0 aromatic carbocycles. The van der Waals surface area contributed by atoms with E-state index in [1.54, 1.807) is 0 Å². The van der Waals surface area contributed by atoms with Gasteiger partial charge in [-0.15, -0.1) is 10.2 Å². The number of hydrogen-bond donors (Lipinski definition) is 2. The highest BCUT2D eigenvalue weighted by atomic mass is 16.5. The molecule has 2 atom stereocenters. The van der Waals surface area contributed by atoms with Gasteiger partial charge in [0.1, 0.15) is 0 Å². The van der Waals surface area contributed by atoms with Gasteiger partial charge in [-0.2, -0.15) is 0 Å². The van der Waals surface area contributed by atoms with Gasteiger partial charge in [0, 0.05) is 19.5 Å². The Hall–Kier alpha value is -1.51. The second kappa shape index (κ2) is 10.4. The van der Waals surface area contributed by atoms with E-state index in [2.05, 4.69) is 22.4 Å². The fourth-order valence-electron chi connectivity index (χ4n) is 2.82. The van der Waals surface area contributed by atoms with E-state index < -0.39 is 0 Å². The van der Waals surface area contributed by atoms with E-state index in [-0.39, 0.29) is 18.6 Å². The second-order valence-corrected chi connectivity index (χ2v) is 6.19. The van der Waals surface area contributed by atoms with E-state index in [0.717, 1.165) is 51.8 Å². The van der Waals surface area contributed by atoms with Gasteiger partial charge < -0.3 is 14.5 Å². The topological polar surface area (TPSA) is 101 Å². The molecule has 0 bridgehead atoms. The smallest absolute Gasteiger partial charge is 0.233 e. The summed E-state index contributed by atoms with van der Waals surface area (Å²) >= 11 is 0. The van der Waals surface area contributed by atoms with Crippen LogP contribution in [0.2, 0.25) is 0 Å². The minimum absolute atomic E-state index is 0.138. The molecule has 1 aliphatic heterocycles. The molecule has 1 amide bonds. The quantitative estimate of drug-likeness (QED) is 0.272. The third kappa shape index (κ3) is 6.18. The molecule has 1 aliphatic rings. The highest BCUT2D eigenvalue weighted by molar-refractivity contribution is 5.44. The van der Waals surface area contributed by atoms with Crippen LogP contribution in [0.5, 0.6) is 0 Å². The summed E-state index contributed by atoms with van der Waals surface area (Å²) in [5.74, 6) is 0.931. The number of amides is 1. The van der Waals surface area contributed by atoms with Crippen LogP contribution in [0.1, 0.15) is 56.7 Å². The molecule has 1 aromatic heterocycles. The standard InChI is InChI=1S/C16H28N4O4/c1-2-3-4-5-13(11-20(22)12-21)16-19-18-15(24-16)7-6-14-10-17-8-9-23-14/h12-14,17,22H,2-11H2,1H3/t13?,14-/m1/s1. The number of carbonyl (C=O) groups is 1. The first-order chi connectivity index (χ1) is 11.7. The molecule has 8 nitrogen and oxygen atoms in total. The summed E-state index contributed by atoms with van der Waals surface area (Å²) in [5, 5.41) is 21.6. The van der Waals surface area contributed by atoms with Crippen LogP contribution in [0.15, 0.2) is 4.42 Å². The molecule has 0 aliphatic carbocycles. The molecule has 24 heavy (non-hydrogen) atoms. The van der Waals surface area contributed by atoms with Crippen molar-refractivity contribution < 1.29 is 19.2 Å². The zero-order valence-corrected chi connectivity index (χ0v) is 14.3. The molecular weight excluding hydrogens is 312 g/mol. The number of aromatic nitrogens is 2. The van der Waals surface area contributed by atoms with Gasteiger partial charge in [-0.1, -0.05) is 26.2 Å². The normalized spacial score (nSPS) is 19.2. The van der Waals surface area contributed by atoms with E-state index in [9.17, 15) is 10.0 Å². The zero-order chi connectivity index (χ0) is 17.2. The highest BCUT2D eigenvalue weighted by Crippen LogP contribution is 2.23. The molecule has 1 saturated heterocycles. The Balaban J connectivity index is 1.88. The van der Waals surface area contributed by atoms with Gasteiger partial charge in [-0.05, 0) is 12.8 Å². The minimum atomic E-state index is -0.138. The van der Waals surface area contributed by atoms with Crippen LogP contribution in [0, 0.1) is 0 Å². The maximum absolute atomic E-state index is 10.7. The maximum Gasteiger partial charge on any atom is 0.233 e. The number of unbranched alkanes of at least 4 members (excludes halogenated alkanes) is 2. The highest BCUT2D eigenvalue weighted by Gasteiger charge is 2.22. The van der Waals surface area contributed by atoms with Crippen LogP contribution in [0.4, 0.5) is 0 Å². The molecule has 1 fully saturated rings. The number of nitrogens with one attached hydrogen (secondary N) is 1. The molecule has 8 heteroatoms. The summed E-state index contributed by atoms with van der Waals surface area (Å²) in [4.78, 5) is 10.7. The molecule has 0 radical (unpaired) electrons. The monoisotopic (exact) mass is 340 g/mol. The Morgan fingerprint density at radius 3 is 3.04 bits per heavy atom. The van der Waals surface area contributed by atoms with Crippen molar-refractivity contribution in [3.63, 3.8) is 0 Å². The third-order valence-electron chi connectivity index (χ3n) is 4.20. The summed E-state index contributed by atoms with van der Waals surface area (Å²) in [7, 11) is 0. The largest absolute Gasteiger partial charge is 0.425 e. The van der Waals surface area contributed by atoms with Crippen molar-refractivity contribution in [2.24, 2.45) is 0 Å². The van der Waals surface area contributed by atoms with Crippen molar-refractivity contribution in [3.05, 3.63) is 11.8 Å². The lowest BCUT2D eigenvalue weighted by atomic mass is 10.0. The number of ether oxygens (including phenoxy) is 1. The van der Waals surface area contributed by atoms with Gasteiger partial charge in [0.2, 0.25) is 18.2 Å². The number of aryl methyl sites for hydroxylation is 1. The van der Waals surface area contributed by atoms with Crippen LogP contribution < -0.4 is 5.32 Å². The SMILES string of the molecule is CCCCCC(CN(O)C=O)c1nnc(CC[C@@H]2CNCCO2)o1. The Morgan fingerprint density at radius 1 is 1.46 bits per heavy atom. The van der Waals surface area contributed by atoms with Crippen molar-refractivity contribution in [1.82, 2.24) is 20.6 Å². The zero-order valence-electron chi connectivity index (χ0n) is 14.3. The Kier molecular flexibility index (Phi) is 8.14. The number of rotatable bonds is 11. The number of hydroxylamine groups is 2. The molecular formula is C16H28N4O4. The summed E-state index contributed by atoms with van der Waals surface area (Å²) in [6.07, 6.45) is 6.06. The molecule has 1 aromatic rings. The summed E-state index contributed by atoms with van der Waals surface area (Å²) < 4.78 is 11.4. The van der Waals surface area contributed by atoms with Crippen molar-refractivity contribution >= 4 is 6.41 Å². The van der Waals surface area contributed by atoms with Crippen LogP contribution in [0.3, 0.4) is 0 Å². The predicted octanol–water partition coefficient (Wildman–Crippen LogP) is 1.50. The molecule has 2 N–H and O–H groups in total. The first-order valence-electron chi connectivity index (χ1n) is 8.78. The van der Waals surface area contributed by atoms with Crippen molar-refractivity contribution in [1.29, 1.82) is 0 Å². The molecule has 2 rings (SSSR count). The summed E-state index contributed by atoms with van der Waals surface area (Å²) in [5.41, 5.74) is 0. The summed E-state index contributed by atoms with van der Waals surface area (Å²) in [6.45, 7) is 4.78. The van der Waals surface area contributed by atoms with Gasteiger partial charge in [0.05, 0.1) is 25.2 Å². The van der Waals surface area contributed by atoms with E-state index in [1.165, 1.54) is 0 Å². The number of morpholine rings is 1. The van der Waals surface area contributed by atoms with Crippen molar-refractivity contribution in [2.75, 3.05) is 26.2 Å². The lowest BCUT2D eigenvalue weighted by molar-refractivity contribution is -0.151. The summed E-state index contributed by atoms with van der Waals surface area (Å²) in [6, 6.07) is 0. The molecule has 136 valence electrons. The van der Waals surface area contributed by atoms with Crippen molar-refractivity contribution in [2.45, 2.75) is 57.5 Å². The molecule has 2 heterocycles. The number of carbonyl (C=O) groups excluding carboxylic acids is 1. The van der Waals surface area contributed by atoms with E-state index in [1.807, 2.05) is 0 Å². The van der Waals surface area contributed by atoms with Crippen LogP contribution >= 0.6 is 0 Å². The van der Waals surface area contributed by atoms with Crippen molar-refractivity contribution in [3.8, 4) is 0 Å². The molecule has 0 saturated carbocycles. The van der Waals surface area contributed by atoms with Gasteiger partial charge >= 0.3 is 0 Å². The lowest BCUT2D eigenvalue weighted by Gasteiger charge is -2.22. The van der Waals surface area contributed by atoms with E-state index in [4.69, 9.17) is 9.15 Å². The fraction of sp³-hybridized carbons (Fsp3) is 0.812. The number of hydrogen-bond acceptors (Lipinski definition) is 7. The van der Waals surface area contributed by atoms with E-state index >= 15 is 0 Å². The predicted molar refractivity (Wildman–Crippen MR) is 86.7 cm³/mol. The molecule has 1 unspecified atom stereocenters. The maximum atomic E-state index is 10.7. The average Bonchev–Trinajstić information content (AvgIpc) is 3.09. The van der Waals surface area contributed by atoms with Crippen LogP contribution in [0.25, 0.3) is 0 Å². The van der Waals surface area contributed by atoms with E-state index in [0.29, 0.717) is 29.7 Å². The first-order valence-corrected chi connectivity index (χ1v) is 8.78. The second-order valence-electron chi connectivity index (χ2n) is 6.19. The van der Waals surface area contributed by atoms with Crippen LogP contribution in [-0.2, 0) is 16.0 Å². The van der Waals surface area contributed by atoms with Crippen LogP contribution in [-0.4, -0.2) is 59.2 Å². The lowest BCUT2D eigenvalue weighted by Crippen LogP contribution is -2.38. The first kappa shape index (κ1) is 18.8. The van der Waals surface area contributed by atoms with Gasteiger partial charge in [0.25, 0.3) is 0 Å². The minimum Gasteiger partial charge on any atom is -0.425 e. The van der Waals surface area contributed by atoms with Gasteiger partial charge in [-0.25, -0.2) is 5.06 Å². The fourth-order valence-corrected chi connectivity index (χ4v) is 2.82. The van der Waals surface area contributed by atoms with Gasteiger partial charge in [-0.3, -0.25) is 10.0 Å². The molecule has 0 spiro atoms.